The normalized spacial score (nSPS) is 9.46. The highest BCUT2D eigenvalue weighted by atomic mass is 79.9. The maximum Gasteiger partial charge on any atom is 0.211 e. The van der Waals surface area contributed by atoms with Crippen LogP contribution >= 0.6 is 15.9 Å². The van der Waals surface area contributed by atoms with Crippen molar-refractivity contribution in [2.75, 3.05) is 12.4 Å². The first-order chi connectivity index (χ1) is 6.19. The maximum atomic E-state index is 10.3. The number of amides is 1. The second-order valence-corrected chi connectivity index (χ2v) is 3.46. The van der Waals surface area contributed by atoms with Crippen molar-refractivity contribution in [1.29, 1.82) is 0 Å². The summed E-state index contributed by atoms with van der Waals surface area (Å²) in [7, 11) is 1.60. The monoisotopic (exact) mass is 243 g/mol. The van der Waals surface area contributed by atoms with Gasteiger partial charge < -0.3 is 10.1 Å². The van der Waals surface area contributed by atoms with Gasteiger partial charge in [0, 0.05) is 15.7 Å². The molecule has 1 aromatic carbocycles. The summed E-state index contributed by atoms with van der Waals surface area (Å²) in [5, 5.41) is 2.60. The van der Waals surface area contributed by atoms with Gasteiger partial charge in [-0.25, -0.2) is 0 Å². The second kappa shape index (κ2) is 4.28. The first kappa shape index (κ1) is 10.1. The van der Waals surface area contributed by atoms with E-state index in [1.165, 1.54) is 0 Å². The summed E-state index contributed by atoms with van der Waals surface area (Å²) < 4.78 is 6.00. The molecular weight excluding hydrogens is 234 g/mol. The van der Waals surface area contributed by atoms with E-state index in [0.29, 0.717) is 6.41 Å². The Labute approximate surface area is 85.2 Å². The second-order valence-electron chi connectivity index (χ2n) is 2.54. The summed E-state index contributed by atoms with van der Waals surface area (Å²) >= 11 is 3.32. The summed E-state index contributed by atoms with van der Waals surface area (Å²) in [6.45, 7) is 1.89. The number of halogens is 1. The zero-order valence-electron chi connectivity index (χ0n) is 7.43. The molecule has 0 bridgehead atoms. The van der Waals surface area contributed by atoms with Crippen LogP contribution in [0.1, 0.15) is 5.56 Å². The van der Waals surface area contributed by atoms with Crippen molar-refractivity contribution in [3.63, 3.8) is 0 Å². The molecule has 13 heavy (non-hydrogen) atoms. The number of hydrogen-bond acceptors (Lipinski definition) is 2. The Hall–Kier alpha value is -1.03. The number of anilines is 1. The van der Waals surface area contributed by atoms with E-state index in [2.05, 4.69) is 21.2 Å². The van der Waals surface area contributed by atoms with Gasteiger partial charge in [-0.1, -0.05) is 15.9 Å². The predicted octanol–water partition coefficient (Wildman–Crippen LogP) is 2.33. The summed E-state index contributed by atoms with van der Waals surface area (Å²) in [4.78, 5) is 10.3. The van der Waals surface area contributed by atoms with Gasteiger partial charge in [-0.15, -0.1) is 0 Å². The Morgan fingerprint density at radius 1 is 1.54 bits per heavy atom. The minimum absolute atomic E-state index is 0.647. The van der Waals surface area contributed by atoms with Crippen molar-refractivity contribution >= 4 is 28.0 Å². The van der Waals surface area contributed by atoms with Gasteiger partial charge in [0.25, 0.3) is 0 Å². The average molecular weight is 244 g/mol. The number of nitrogens with one attached hydrogen (secondary N) is 1. The maximum absolute atomic E-state index is 10.3. The lowest BCUT2D eigenvalue weighted by atomic mass is 10.2. The molecule has 1 amide bonds. The van der Waals surface area contributed by atoms with Gasteiger partial charge in [0.15, 0.2) is 0 Å². The molecule has 0 atom stereocenters. The predicted molar refractivity (Wildman–Crippen MR) is 55.1 cm³/mol. The molecule has 0 aliphatic rings. The lowest BCUT2D eigenvalue weighted by Crippen LogP contribution is -1.98. The van der Waals surface area contributed by atoms with E-state index >= 15 is 0 Å². The Bertz CT molecular complexity index is 326. The van der Waals surface area contributed by atoms with Crippen LogP contribution in [0, 0.1) is 6.92 Å². The lowest BCUT2D eigenvalue weighted by Gasteiger charge is -2.09. The van der Waals surface area contributed by atoms with Crippen LogP contribution in [0.5, 0.6) is 5.75 Å². The number of carbonyl (C=O) groups is 1. The van der Waals surface area contributed by atoms with E-state index in [0.717, 1.165) is 21.5 Å². The fraction of sp³-hybridized carbons (Fsp3) is 0.222. The standard InChI is InChI=1S/C9H10BrNO2/c1-6-8(11-5-12)3-7(10)4-9(6)13-2/h3-5H,1-2H3,(H,11,12). The van der Waals surface area contributed by atoms with E-state index in [4.69, 9.17) is 4.74 Å². The van der Waals surface area contributed by atoms with Crippen LogP contribution in [-0.2, 0) is 4.79 Å². The third kappa shape index (κ3) is 2.21. The van der Waals surface area contributed by atoms with Gasteiger partial charge in [-0.05, 0) is 19.1 Å². The van der Waals surface area contributed by atoms with Gasteiger partial charge in [-0.2, -0.15) is 0 Å². The molecule has 0 heterocycles. The summed E-state index contributed by atoms with van der Waals surface area (Å²) in [6.07, 6.45) is 0.647. The third-order valence-corrected chi connectivity index (χ3v) is 2.22. The van der Waals surface area contributed by atoms with E-state index in [9.17, 15) is 4.79 Å². The first-order valence-corrected chi connectivity index (χ1v) is 4.52. The fourth-order valence-electron chi connectivity index (χ4n) is 1.08. The van der Waals surface area contributed by atoms with E-state index < -0.39 is 0 Å². The summed E-state index contributed by atoms with van der Waals surface area (Å²) in [6, 6.07) is 3.68. The lowest BCUT2D eigenvalue weighted by molar-refractivity contribution is -0.105. The molecule has 0 aromatic heterocycles. The van der Waals surface area contributed by atoms with Gasteiger partial charge in [0.2, 0.25) is 6.41 Å². The van der Waals surface area contributed by atoms with Crippen molar-refractivity contribution in [3.8, 4) is 5.75 Å². The molecule has 70 valence electrons. The van der Waals surface area contributed by atoms with Crippen LogP contribution in [0.25, 0.3) is 0 Å². The van der Waals surface area contributed by atoms with E-state index in [1.807, 2.05) is 19.1 Å². The van der Waals surface area contributed by atoms with Crippen molar-refractivity contribution in [2.45, 2.75) is 6.92 Å². The molecule has 3 nitrogen and oxygen atoms in total. The first-order valence-electron chi connectivity index (χ1n) is 3.73. The topological polar surface area (TPSA) is 38.3 Å². The summed E-state index contributed by atoms with van der Waals surface area (Å²) in [5.74, 6) is 0.749. The average Bonchev–Trinajstić information content (AvgIpc) is 2.11. The summed E-state index contributed by atoms with van der Waals surface area (Å²) in [5.41, 5.74) is 1.67. The zero-order valence-corrected chi connectivity index (χ0v) is 9.01. The Morgan fingerprint density at radius 2 is 2.23 bits per heavy atom. The number of methoxy groups -OCH3 is 1. The largest absolute Gasteiger partial charge is 0.496 e. The van der Waals surface area contributed by atoms with Crippen LogP contribution in [0.15, 0.2) is 16.6 Å². The Kier molecular flexibility index (Phi) is 3.31. The van der Waals surface area contributed by atoms with E-state index in [1.54, 1.807) is 7.11 Å². The molecule has 1 aromatic rings. The highest BCUT2D eigenvalue weighted by molar-refractivity contribution is 9.10. The van der Waals surface area contributed by atoms with Crippen molar-refractivity contribution in [1.82, 2.24) is 0 Å². The minimum Gasteiger partial charge on any atom is -0.496 e. The molecule has 0 saturated carbocycles. The van der Waals surface area contributed by atoms with Crippen molar-refractivity contribution in [2.24, 2.45) is 0 Å². The highest BCUT2D eigenvalue weighted by Gasteiger charge is 2.05. The van der Waals surface area contributed by atoms with Crippen LogP contribution < -0.4 is 10.1 Å². The van der Waals surface area contributed by atoms with Gasteiger partial charge >= 0.3 is 0 Å². The fourth-order valence-corrected chi connectivity index (χ4v) is 1.52. The smallest absolute Gasteiger partial charge is 0.211 e. The van der Waals surface area contributed by atoms with Crippen molar-refractivity contribution < 1.29 is 9.53 Å². The number of rotatable bonds is 3. The molecular formula is C9H10BrNO2. The molecule has 0 aliphatic carbocycles. The molecule has 0 fully saturated rings. The molecule has 0 unspecified atom stereocenters. The molecule has 1 N–H and O–H groups in total. The quantitative estimate of drug-likeness (QED) is 0.828. The van der Waals surface area contributed by atoms with Crippen LogP contribution in [0.2, 0.25) is 0 Å². The van der Waals surface area contributed by atoms with Crippen LogP contribution in [0.3, 0.4) is 0 Å². The number of ether oxygens (including phenoxy) is 1. The Balaban J connectivity index is 3.18. The SMILES string of the molecule is COc1cc(Br)cc(NC=O)c1C. The molecule has 0 aliphatic heterocycles. The van der Waals surface area contributed by atoms with E-state index in [-0.39, 0.29) is 0 Å². The van der Waals surface area contributed by atoms with Gasteiger partial charge in [-0.3, -0.25) is 4.79 Å². The van der Waals surface area contributed by atoms with Crippen LogP contribution in [-0.4, -0.2) is 13.5 Å². The molecule has 0 spiro atoms. The van der Waals surface area contributed by atoms with Crippen molar-refractivity contribution in [3.05, 3.63) is 22.2 Å². The van der Waals surface area contributed by atoms with Gasteiger partial charge in [0.05, 0.1) is 7.11 Å². The van der Waals surface area contributed by atoms with Gasteiger partial charge in [0.1, 0.15) is 5.75 Å². The number of benzene rings is 1. The molecule has 0 radical (unpaired) electrons. The Morgan fingerprint density at radius 3 is 2.77 bits per heavy atom. The molecule has 1 rings (SSSR count). The van der Waals surface area contributed by atoms with Crippen LogP contribution in [0.4, 0.5) is 5.69 Å². The number of hydrogen-bond donors (Lipinski definition) is 1. The third-order valence-electron chi connectivity index (χ3n) is 1.76. The molecule has 4 heteroatoms. The minimum atomic E-state index is 0.647. The zero-order chi connectivity index (χ0) is 9.84. The number of carbonyl (C=O) groups excluding carboxylic acids is 1. The molecule has 0 saturated heterocycles. The highest BCUT2D eigenvalue weighted by Crippen LogP contribution is 2.29.